The Bertz CT molecular complexity index is 1100. The van der Waals surface area contributed by atoms with Crippen molar-refractivity contribution in [2.45, 2.75) is 25.9 Å². The highest BCUT2D eigenvalue weighted by Crippen LogP contribution is 2.30. The molecule has 3 aromatic rings. The van der Waals surface area contributed by atoms with Crippen LogP contribution < -0.4 is 4.90 Å². The molecule has 0 atom stereocenters. The average molecular weight is 445 g/mol. The van der Waals surface area contributed by atoms with Gasteiger partial charge in [0.15, 0.2) is 5.82 Å². The van der Waals surface area contributed by atoms with Crippen molar-refractivity contribution in [3.8, 4) is 11.5 Å². The molecule has 10 heteroatoms. The van der Waals surface area contributed by atoms with E-state index in [2.05, 4.69) is 15.1 Å². The molecule has 32 heavy (non-hydrogen) atoms. The average Bonchev–Trinajstić information content (AvgIpc) is 3.29. The van der Waals surface area contributed by atoms with E-state index in [0.717, 1.165) is 17.7 Å². The second-order valence-corrected chi connectivity index (χ2v) is 7.87. The first-order valence-corrected chi connectivity index (χ1v) is 10.2. The van der Waals surface area contributed by atoms with Crippen molar-refractivity contribution in [1.82, 2.24) is 20.0 Å². The molecule has 1 aliphatic heterocycles. The number of carbonyl (C=O) groups is 1. The van der Waals surface area contributed by atoms with Crippen LogP contribution in [0.2, 0.25) is 0 Å². The highest BCUT2D eigenvalue weighted by molar-refractivity contribution is 5.94. The van der Waals surface area contributed by atoms with E-state index in [-0.39, 0.29) is 11.5 Å². The van der Waals surface area contributed by atoms with Crippen LogP contribution in [0, 0.1) is 0 Å². The van der Waals surface area contributed by atoms with E-state index in [1.165, 1.54) is 12.1 Å². The van der Waals surface area contributed by atoms with Gasteiger partial charge in [0.1, 0.15) is 5.82 Å². The first kappa shape index (κ1) is 21.8. The molecule has 1 saturated heterocycles. The summed E-state index contributed by atoms with van der Waals surface area (Å²) in [5.74, 6) is 1.48. The van der Waals surface area contributed by atoms with Crippen LogP contribution in [0.4, 0.5) is 19.0 Å². The Morgan fingerprint density at radius 2 is 1.84 bits per heavy atom. The summed E-state index contributed by atoms with van der Waals surface area (Å²) in [4.78, 5) is 25.1. The van der Waals surface area contributed by atoms with Gasteiger partial charge in [0, 0.05) is 49.4 Å². The summed E-state index contributed by atoms with van der Waals surface area (Å²) in [6, 6.07) is 8.15. The molecular weight excluding hydrogens is 423 g/mol. The number of carbonyl (C=O) groups excluding carboxylic acids is 1. The number of hydrogen-bond acceptors (Lipinski definition) is 6. The Morgan fingerprint density at radius 3 is 2.50 bits per heavy atom. The minimum Gasteiger partial charge on any atom is -0.353 e. The number of rotatable bonds is 4. The van der Waals surface area contributed by atoms with Gasteiger partial charge in [0.25, 0.3) is 11.8 Å². The van der Waals surface area contributed by atoms with Gasteiger partial charge in [-0.15, -0.1) is 0 Å². The summed E-state index contributed by atoms with van der Waals surface area (Å²) in [6.45, 7) is 5.71. The zero-order valence-electron chi connectivity index (χ0n) is 17.6. The largest absolute Gasteiger partial charge is 0.416 e. The molecule has 2 aromatic heterocycles. The second-order valence-electron chi connectivity index (χ2n) is 7.87. The molecule has 4 rings (SSSR count). The Balaban J connectivity index is 1.43. The topological polar surface area (TPSA) is 75.4 Å². The van der Waals surface area contributed by atoms with Crippen molar-refractivity contribution in [2.24, 2.45) is 0 Å². The lowest BCUT2D eigenvalue weighted by Crippen LogP contribution is -2.49. The van der Waals surface area contributed by atoms with Crippen LogP contribution in [0.15, 0.2) is 47.1 Å². The molecule has 168 valence electrons. The molecule has 0 spiro atoms. The monoisotopic (exact) mass is 445 g/mol. The van der Waals surface area contributed by atoms with Gasteiger partial charge < -0.3 is 14.3 Å². The summed E-state index contributed by atoms with van der Waals surface area (Å²) in [7, 11) is 0. The number of benzene rings is 1. The van der Waals surface area contributed by atoms with Crippen molar-refractivity contribution in [3.63, 3.8) is 0 Å². The minimum atomic E-state index is -4.49. The molecule has 0 aliphatic carbocycles. The fourth-order valence-electron chi connectivity index (χ4n) is 3.46. The van der Waals surface area contributed by atoms with Gasteiger partial charge in [-0.05, 0) is 30.3 Å². The maximum Gasteiger partial charge on any atom is 0.416 e. The summed E-state index contributed by atoms with van der Waals surface area (Å²) in [5, 5.41) is 3.98. The summed E-state index contributed by atoms with van der Waals surface area (Å²) < 4.78 is 44.2. The van der Waals surface area contributed by atoms with Crippen LogP contribution in [0.3, 0.4) is 0 Å². The van der Waals surface area contributed by atoms with Crippen LogP contribution >= 0.6 is 0 Å². The number of amides is 1. The maximum atomic E-state index is 13.0. The zero-order valence-corrected chi connectivity index (χ0v) is 17.6. The Hall–Kier alpha value is -3.43. The number of nitrogens with zero attached hydrogens (tertiary/aromatic N) is 5. The summed E-state index contributed by atoms with van der Waals surface area (Å²) in [6.07, 6.45) is -2.83. The highest BCUT2D eigenvalue weighted by Gasteiger charge is 2.32. The molecule has 1 amide bonds. The lowest BCUT2D eigenvalue weighted by Gasteiger charge is -2.35. The fraction of sp³-hybridized carbons (Fsp3) is 0.364. The molecule has 0 bridgehead atoms. The molecule has 1 fully saturated rings. The number of alkyl halides is 3. The van der Waals surface area contributed by atoms with Crippen molar-refractivity contribution in [1.29, 1.82) is 0 Å². The van der Waals surface area contributed by atoms with E-state index >= 15 is 0 Å². The third-order valence-electron chi connectivity index (χ3n) is 5.28. The van der Waals surface area contributed by atoms with Gasteiger partial charge in [-0.1, -0.05) is 25.1 Å². The smallest absolute Gasteiger partial charge is 0.353 e. The van der Waals surface area contributed by atoms with Crippen molar-refractivity contribution in [2.75, 3.05) is 31.1 Å². The molecular formula is C22H22F3N5O2. The number of piperazine rings is 1. The summed E-state index contributed by atoms with van der Waals surface area (Å²) >= 11 is 0. The fourth-order valence-corrected chi connectivity index (χ4v) is 3.46. The van der Waals surface area contributed by atoms with Gasteiger partial charge in [-0.3, -0.25) is 4.79 Å². The molecule has 7 nitrogen and oxygen atoms in total. The van der Waals surface area contributed by atoms with Crippen molar-refractivity contribution < 1.29 is 22.5 Å². The standard InChI is InChI=1S/C22H22F3N5O2/c1-14(2)19-27-20(32-28-19)15-6-7-26-18(13-15)29-8-10-30(11-9-29)21(31)16-4-3-5-17(12-16)22(23,24)25/h3-7,12-14H,8-11H2,1-2H3. The van der Waals surface area contributed by atoms with Gasteiger partial charge >= 0.3 is 6.18 Å². The van der Waals surface area contributed by atoms with E-state index in [1.807, 2.05) is 24.8 Å². The SMILES string of the molecule is CC(C)c1noc(-c2ccnc(N3CCN(C(=O)c4cccc(C(F)(F)F)c4)CC3)c2)n1. The van der Waals surface area contributed by atoms with Gasteiger partial charge in [-0.25, -0.2) is 4.98 Å². The normalized spacial score (nSPS) is 14.8. The lowest BCUT2D eigenvalue weighted by molar-refractivity contribution is -0.137. The Morgan fingerprint density at radius 1 is 1.09 bits per heavy atom. The highest BCUT2D eigenvalue weighted by atomic mass is 19.4. The van der Waals surface area contributed by atoms with E-state index in [9.17, 15) is 18.0 Å². The number of anilines is 1. The Labute approximate surface area is 182 Å². The zero-order chi connectivity index (χ0) is 22.9. The molecule has 1 aromatic carbocycles. The number of pyridine rings is 1. The van der Waals surface area contributed by atoms with Crippen molar-refractivity contribution in [3.05, 3.63) is 59.5 Å². The van der Waals surface area contributed by atoms with E-state index in [0.29, 0.717) is 43.7 Å². The minimum absolute atomic E-state index is 0.0331. The second kappa shape index (κ2) is 8.60. The summed E-state index contributed by atoms with van der Waals surface area (Å²) in [5.41, 5.74) is -0.0488. The van der Waals surface area contributed by atoms with Crippen LogP contribution in [0.25, 0.3) is 11.5 Å². The first-order chi connectivity index (χ1) is 15.2. The van der Waals surface area contributed by atoms with E-state index < -0.39 is 17.6 Å². The van der Waals surface area contributed by atoms with E-state index in [1.54, 1.807) is 17.2 Å². The third-order valence-corrected chi connectivity index (χ3v) is 5.28. The van der Waals surface area contributed by atoms with Gasteiger partial charge in [-0.2, -0.15) is 18.2 Å². The van der Waals surface area contributed by atoms with Crippen LogP contribution in [0.5, 0.6) is 0 Å². The number of halogens is 3. The molecule has 1 aliphatic rings. The molecule has 3 heterocycles. The quantitative estimate of drug-likeness (QED) is 0.598. The predicted molar refractivity (Wildman–Crippen MR) is 111 cm³/mol. The van der Waals surface area contributed by atoms with Gasteiger partial charge in [0.2, 0.25) is 0 Å². The Kier molecular flexibility index (Phi) is 5.86. The number of hydrogen-bond donors (Lipinski definition) is 0. The van der Waals surface area contributed by atoms with E-state index in [4.69, 9.17) is 4.52 Å². The lowest BCUT2D eigenvalue weighted by atomic mass is 10.1. The predicted octanol–water partition coefficient (Wildman–Crippen LogP) is 4.24. The van der Waals surface area contributed by atoms with Gasteiger partial charge in [0.05, 0.1) is 5.56 Å². The third kappa shape index (κ3) is 4.58. The molecule has 0 unspecified atom stereocenters. The molecule has 0 N–H and O–H groups in total. The first-order valence-electron chi connectivity index (χ1n) is 10.2. The molecule has 0 radical (unpaired) electrons. The number of aromatic nitrogens is 3. The van der Waals surface area contributed by atoms with Crippen LogP contribution in [-0.4, -0.2) is 52.1 Å². The van der Waals surface area contributed by atoms with Crippen LogP contribution in [0.1, 0.15) is 41.5 Å². The van der Waals surface area contributed by atoms with Crippen LogP contribution in [-0.2, 0) is 6.18 Å². The van der Waals surface area contributed by atoms with Crippen molar-refractivity contribution >= 4 is 11.7 Å². The maximum absolute atomic E-state index is 13.0. The molecule has 0 saturated carbocycles.